The Morgan fingerprint density at radius 3 is 2.83 bits per heavy atom. The fourth-order valence-electron chi connectivity index (χ4n) is 3.09. The number of hydrogen-bond donors (Lipinski definition) is 1. The Bertz CT molecular complexity index is 883. The summed E-state index contributed by atoms with van der Waals surface area (Å²) in [5, 5.41) is 0. The van der Waals surface area contributed by atoms with E-state index in [2.05, 4.69) is 25.9 Å². The van der Waals surface area contributed by atoms with E-state index in [4.69, 9.17) is 0 Å². The molecule has 4 rings (SSSR count). The molecule has 3 aromatic rings. The first kappa shape index (κ1) is 14.4. The molecule has 0 bridgehead atoms. The third-order valence-electron chi connectivity index (χ3n) is 4.27. The van der Waals surface area contributed by atoms with Gasteiger partial charge in [0, 0.05) is 31.1 Å². The highest BCUT2D eigenvalue weighted by molar-refractivity contribution is 7.84. The molecule has 0 amide bonds. The topological polar surface area (TPSA) is 61.9 Å². The number of nitrogens with zero attached hydrogens (tertiary/aromatic N) is 3. The largest absolute Gasteiger partial charge is 0.371 e. The number of nitrogens with one attached hydrogen (secondary N) is 1. The molecule has 0 aliphatic carbocycles. The molecule has 23 heavy (non-hydrogen) atoms. The maximum Gasteiger partial charge on any atom is 0.156 e. The zero-order chi connectivity index (χ0) is 15.8. The minimum atomic E-state index is -1.000. The molecule has 6 heteroatoms. The Morgan fingerprint density at radius 1 is 1.22 bits per heavy atom. The number of hydrogen-bond acceptors (Lipinski definition) is 4. The van der Waals surface area contributed by atoms with Crippen LogP contribution in [-0.2, 0) is 10.8 Å². The molecule has 0 spiro atoms. The van der Waals surface area contributed by atoms with Crippen molar-refractivity contribution in [1.29, 1.82) is 0 Å². The second-order valence-electron chi connectivity index (χ2n) is 5.80. The number of aromatic nitrogens is 3. The predicted octanol–water partition coefficient (Wildman–Crippen LogP) is 2.96. The van der Waals surface area contributed by atoms with Crippen LogP contribution in [0.4, 0.5) is 5.69 Å². The van der Waals surface area contributed by atoms with Crippen molar-refractivity contribution >= 4 is 27.7 Å². The lowest BCUT2D eigenvalue weighted by molar-refractivity contribution is 0.686. The van der Waals surface area contributed by atoms with Crippen molar-refractivity contribution in [2.75, 3.05) is 24.2 Å². The van der Waals surface area contributed by atoms with Crippen molar-refractivity contribution in [2.45, 2.75) is 17.7 Å². The molecule has 1 N–H and O–H groups in total. The monoisotopic (exact) mass is 326 g/mol. The molecule has 118 valence electrons. The van der Waals surface area contributed by atoms with Gasteiger partial charge in [0.2, 0.25) is 0 Å². The van der Waals surface area contributed by atoms with Gasteiger partial charge >= 0.3 is 0 Å². The van der Waals surface area contributed by atoms with Crippen LogP contribution in [0, 0.1) is 0 Å². The molecule has 1 aliphatic rings. The number of anilines is 1. The maximum absolute atomic E-state index is 12.1. The first-order chi connectivity index (χ1) is 11.2. The van der Waals surface area contributed by atoms with E-state index >= 15 is 0 Å². The van der Waals surface area contributed by atoms with E-state index in [1.165, 1.54) is 12.8 Å². The Morgan fingerprint density at radius 2 is 2.04 bits per heavy atom. The van der Waals surface area contributed by atoms with E-state index in [1.807, 2.05) is 24.4 Å². The first-order valence-electron chi connectivity index (χ1n) is 7.75. The summed E-state index contributed by atoms with van der Waals surface area (Å²) in [7, 11) is -1.000. The van der Waals surface area contributed by atoms with Crippen molar-refractivity contribution in [2.24, 2.45) is 0 Å². The summed E-state index contributed by atoms with van der Waals surface area (Å²) in [6.07, 6.45) is 7.74. The third kappa shape index (κ3) is 2.63. The molecule has 1 aliphatic heterocycles. The van der Waals surface area contributed by atoms with Crippen LogP contribution < -0.4 is 4.90 Å². The Hall–Kier alpha value is -2.21. The van der Waals surface area contributed by atoms with Crippen LogP contribution >= 0.6 is 0 Å². The number of rotatable bonds is 3. The van der Waals surface area contributed by atoms with Gasteiger partial charge in [-0.3, -0.25) is 4.21 Å². The van der Waals surface area contributed by atoms with Crippen LogP contribution in [-0.4, -0.2) is 38.5 Å². The number of benzene rings is 1. The van der Waals surface area contributed by atoms with Gasteiger partial charge in [0.25, 0.3) is 0 Å². The van der Waals surface area contributed by atoms with Crippen LogP contribution in [0.15, 0.2) is 41.6 Å². The third-order valence-corrected chi connectivity index (χ3v) is 5.24. The predicted molar refractivity (Wildman–Crippen MR) is 93.1 cm³/mol. The Labute approximate surface area is 137 Å². The zero-order valence-corrected chi connectivity index (χ0v) is 13.8. The second-order valence-corrected chi connectivity index (χ2v) is 7.15. The molecule has 0 saturated carbocycles. The summed E-state index contributed by atoms with van der Waals surface area (Å²) in [5.41, 5.74) is 4.56. The Balaban J connectivity index is 1.82. The van der Waals surface area contributed by atoms with Crippen LogP contribution in [0.25, 0.3) is 22.4 Å². The van der Waals surface area contributed by atoms with Crippen LogP contribution in [0.3, 0.4) is 0 Å². The molecule has 1 fully saturated rings. The lowest BCUT2D eigenvalue weighted by atomic mass is 10.1. The van der Waals surface area contributed by atoms with Crippen molar-refractivity contribution in [1.82, 2.24) is 15.0 Å². The van der Waals surface area contributed by atoms with E-state index < -0.39 is 10.8 Å². The lowest BCUT2D eigenvalue weighted by Crippen LogP contribution is -2.19. The van der Waals surface area contributed by atoms with Gasteiger partial charge in [-0.2, -0.15) is 0 Å². The fourth-order valence-corrected chi connectivity index (χ4v) is 3.84. The molecular weight excluding hydrogens is 308 g/mol. The average molecular weight is 326 g/mol. The van der Waals surface area contributed by atoms with Crippen molar-refractivity contribution < 1.29 is 4.21 Å². The minimum absolute atomic E-state index is 0.791. The zero-order valence-electron chi connectivity index (χ0n) is 13.0. The number of fused-ring (bicyclic) bond motifs is 1. The smallest absolute Gasteiger partial charge is 0.156 e. The highest BCUT2D eigenvalue weighted by Crippen LogP contribution is 2.31. The summed E-state index contributed by atoms with van der Waals surface area (Å²) in [5.74, 6) is 0. The standard InChI is InChI=1S/C17H18N4OS/c1-23(22)16-5-4-12(10-15(16)21-8-2-3-9-21)14-11-19-17-13(20-14)6-7-18-17/h4-7,10-11H,2-3,8-9H2,1H3,(H,18,19). The van der Waals surface area contributed by atoms with Crippen LogP contribution in [0.1, 0.15) is 12.8 Å². The first-order valence-corrected chi connectivity index (χ1v) is 9.31. The average Bonchev–Trinajstić information content (AvgIpc) is 3.25. The van der Waals surface area contributed by atoms with E-state index in [0.717, 1.165) is 46.1 Å². The van der Waals surface area contributed by atoms with Crippen molar-refractivity contribution in [3.63, 3.8) is 0 Å². The molecule has 2 aromatic heterocycles. The van der Waals surface area contributed by atoms with Gasteiger partial charge in [-0.15, -0.1) is 0 Å². The number of aromatic amines is 1. The molecule has 1 unspecified atom stereocenters. The molecule has 1 atom stereocenters. The normalized spacial score (nSPS) is 16.1. The summed E-state index contributed by atoms with van der Waals surface area (Å²) in [6.45, 7) is 2.05. The van der Waals surface area contributed by atoms with Crippen LogP contribution in [0.5, 0.6) is 0 Å². The van der Waals surface area contributed by atoms with E-state index in [1.54, 1.807) is 12.5 Å². The minimum Gasteiger partial charge on any atom is -0.371 e. The quantitative estimate of drug-likeness (QED) is 0.804. The molecule has 1 aromatic carbocycles. The lowest BCUT2D eigenvalue weighted by Gasteiger charge is -2.21. The molecule has 5 nitrogen and oxygen atoms in total. The molecule has 1 saturated heterocycles. The maximum atomic E-state index is 12.1. The fraction of sp³-hybridized carbons (Fsp3) is 0.294. The summed E-state index contributed by atoms with van der Waals surface area (Å²) < 4.78 is 12.1. The SMILES string of the molecule is CS(=O)c1ccc(-c2cnc3[nH]ccc3n2)cc1N1CCCC1. The van der Waals surface area contributed by atoms with E-state index in [9.17, 15) is 4.21 Å². The highest BCUT2D eigenvalue weighted by atomic mass is 32.2. The highest BCUT2D eigenvalue weighted by Gasteiger charge is 2.18. The molecule has 3 heterocycles. The van der Waals surface area contributed by atoms with E-state index in [0.29, 0.717) is 0 Å². The van der Waals surface area contributed by atoms with Crippen molar-refractivity contribution in [3.05, 3.63) is 36.7 Å². The van der Waals surface area contributed by atoms with Crippen LogP contribution in [0.2, 0.25) is 0 Å². The van der Waals surface area contributed by atoms with Gasteiger partial charge in [-0.05, 0) is 31.0 Å². The number of H-pyrrole nitrogens is 1. The van der Waals surface area contributed by atoms with Gasteiger partial charge in [-0.1, -0.05) is 6.07 Å². The van der Waals surface area contributed by atoms with Gasteiger partial charge in [0.05, 0.1) is 33.3 Å². The summed E-state index contributed by atoms with van der Waals surface area (Å²) in [6, 6.07) is 7.97. The summed E-state index contributed by atoms with van der Waals surface area (Å²) >= 11 is 0. The second kappa shape index (κ2) is 5.77. The van der Waals surface area contributed by atoms with Gasteiger partial charge < -0.3 is 9.88 Å². The molecular formula is C17H18N4OS. The van der Waals surface area contributed by atoms with Gasteiger partial charge in [0.1, 0.15) is 5.52 Å². The van der Waals surface area contributed by atoms with Gasteiger partial charge in [-0.25, -0.2) is 9.97 Å². The Kier molecular flexibility index (Phi) is 3.61. The summed E-state index contributed by atoms with van der Waals surface area (Å²) in [4.78, 5) is 15.3. The molecule has 0 radical (unpaired) electrons. The van der Waals surface area contributed by atoms with Gasteiger partial charge in [0.15, 0.2) is 5.65 Å². The van der Waals surface area contributed by atoms with Crippen molar-refractivity contribution in [3.8, 4) is 11.3 Å². The van der Waals surface area contributed by atoms with E-state index in [-0.39, 0.29) is 0 Å².